The molecule has 0 fully saturated rings. The van der Waals surface area contributed by atoms with Crippen molar-refractivity contribution < 1.29 is 23.9 Å². The van der Waals surface area contributed by atoms with E-state index in [1.54, 1.807) is 24.3 Å². The highest BCUT2D eigenvalue weighted by molar-refractivity contribution is 9.10. The Kier molecular flexibility index (Phi) is 6.67. The molecule has 0 radical (unpaired) electrons. The van der Waals surface area contributed by atoms with E-state index < -0.39 is 30.5 Å². The van der Waals surface area contributed by atoms with Gasteiger partial charge in [-0.15, -0.1) is 0 Å². The van der Waals surface area contributed by atoms with Gasteiger partial charge in [-0.2, -0.15) is 0 Å². The number of rotatable bonds is 5. The summed E-state index contributed by atoms with van der Waals surface area (Å²) in [4.78, 5) is 33.4. The molecular formula is C13H15BrN2O5. The predicted octanol–water partition coefficient (Wildman–Crippen LogP) is 0.927. The Balaban J connectivity index is 2.35. The van der Waals surface area contributed by atoms with Gasteiger partial charge in [0.1, 0.15) is 5.75 Å². The van der Waals surface area contributed by atoms with Crippen molar-refractivity contribution in [2.24, 2.45) is 0 Å². The first kappa shape index (κ1) is 17.0. The van der Waals surface area contributed by atoms with E-state index in [2.05, 4.69) is 26.8 Å². The lowest BCUT2D eigenvalue weighted by Gasteiger charge is -2.14. The topological polar surface area (TPSA) is 93.7 Å². The first-order valence-electron chi connectivity index (χ1n) is 6.02. The Morgan fingerprint density at radius 1 is 1.19 bits per heavy atom. The molecule has 0 bridgehead atoms. The number of nitrogens with one attached hydrogen (secondary N) is 2. The molecule has 0 saturated heterocycles. The van der Waals surface area contributed by atoms with Crippen molar-refractivity contribution in [3.8, 4) is 5.75 Å². The second-order valence-corrected chi connectivity index (χ2v) is 4.97. The summed E-state index contributed by atoms with van der Waals surface area (Å²) in [6.45, 7) is 2.24. The zero-order valence-corrected chi connectivity index (χ0v) is 13.1. The second kappa shape index (κ2) is 8.25. The Morgan fingerprint density at radius 3 is 2.38 bits per heavy atom. The monoisotopic (exact) mass is 358 g/mol. The number of amides is 2. The minimum absolute atomic E-state index is 0.429. The van der Waals surface area contributed by atoms with Gasteiger partial charge in [-0.25, -0.2) is 4.79 Å². The summed E-state index contributed by atoms with van der Waals surface area (Å²) in [5.74, 6) is -1.25. The van der Waals surface area contributed by atoms with Gasteiger partial charge in [-0.1, -0.05) is 15.9 Å². The summed E-state index contributed by atoms with van der Waals surface area (Å²) in [6, 6.07) is 6.93. The van der Waals surface area contributed by atoms with E-state index in [1.165, 1.54) is 13.8 Å². The maximum atomic E-state index is 11.6. The smallest absolute Gasteiger partial charge is 0.347 e. The summed E-state index contributed by atoms with van der Waals surface area (Å²) < 4.78 is 11.0. The molecule has 0 saturated carbocycles. The molecule has 114 valence electrons. The van der Waals surface area contributed by atoms with E-state index in [0.29, 0.717) is 5.75 Å². The van der Waals surface area contributed by atoms with Crippen LogP contribution in [0, 0.1) is 0 Å². The molecule has 1 rings (SSSR count). The Labute approximate surface area is 130 Å². The minimum Gasteiger partial charge on any atom is -0.479 e. The van der Waals surface area contributed by atoms with Gasteiger partial charge in [0.2, 0.25) is 5.91 Å². The van der Waals surface area contributed by atoms with Crippen LogP contribution in [0.4, 0.5) is 0 Å². The molecule has 0 unspecified atom stereocenters. The van der Waals surface area contributed by atoms with Crippen molar-refractivity contribution in [1.82, 2.24) is 10.9 Å². The summed E-state index contributed by atoms with van der Waals surface area (Å²) in [7, 11) is 0. The third-order valence-corrected chi connectivity index (χ3v) is 2.71. The molecule has 1 aromatic carbocycles. The van der Waals surface area contributed by atoms with Gasteiger partial charge in [-0.3, -0.25) is 20.4 Å². The number of benzene rings is 1. The predicted molar refractivity (Wildman–Crippen MR) is 77.2 cm³/mol. The number of hydrogen-bond acceptors (Lipinski definition) is 5. The summed E-state index contributed by atoms with van der Waals surface area (Å²) in [5.41, 5.74) is 4.15. The number of hydrogen-bond donors (Lipinski definition) is 2. The first-order chi connectivity index (χ1) is 9.88. The molecule has 2 N–H and O–H groups in total. The van der Waals surface area contributed by atoms with E-state index in [9.17, 15) is 14.4 Å². The van der Waals surface area contributed by atoms with Gasteiger partial charge in [0, 0.05) is 11.4 Å². The maximum Gasteiger partial charge on any atom is 0.347 e. The van der Waals surface area contributed by atoms with Crippen LogP contribution >= 0.6 is 15.9 Å². The maximum absolute atomic E-state index is 11.6. The van der Waals surface area contributed by atoms with Gasteiger partial charge >= 0.3 is 5.97 Å². The van der Waals surface area contributed by atoms with Crippen molar-refractivity contribution in [1.29, 1.82) is 0 Å². The first-order valence-corrected chi connectivity index (χ1v) is 6.82. The molecule has 0 aliphatic heterocycles. The molecule has 0 aliphatic rings. The van der Waals surface area contributed by atoms with Crippen molar-refractivity contribution in [3.63, 3.8) is 0 Å². The molecule has 7 nitrogen and oxygen atoms in total. The SMILES string of the molecule is CC(=O)NNC(=O)COC(=O)[C@H](C)Oc1ccc(Br)cc1. The van der Waals surface area contributed by atoms with E-state index in [-0.39, 0.29) is 0 Å². The lowest BCUT2D eigenvalue weighted by atomic mass is 10.3. The summed E-state index contributed by atoms with van der Waals surface area (Å²) in [5, 5.41) is 0. The van der Waals surface area contributed by atoms with E-state index in [0.717, 1.165) is 4.47 Å². The number of carbonyl (C=O) groups excluding carboxylic acids is 3. The fourth-order valence-electron chi connectivity index (χ4n) is 1.21. The number of carbonyl (C=O) groups is 3. The highest BCUT2D eigenvalue weighted by Gasteiger charge is 2.17. The zero-order valence-electron chi connectivity index (χ0n) is 11.5. The standard InChI is InChI=1S/C13H15BrN2O5/c1-8(21-11-5-3-10(14)4-6-11)13(19)20-7-12(18)16-15-9(2)17/h3-6,8H,7H2,1-2H3,(H,15,17)(H,16,18)/t8-/m0/s1. The highest BCUT2D eigenvalue weighted by atomic mass is 79.9. The van der Waals surface area contributed by atoms with Crippen LogP contribution in [0.2, 0.25) is 0 Å². The normalized spacial score (nSPS) is 11.2. The third kappa shape index (κ3) is 6.75. The average molecular weight is 359 g/mol. The minimum atomic E-state index is -0.861. The van der Waals surface area contributed by atoms with Gasteiger partial charge in [-0.05, 0) is 31.2 Å². The molecule has 8 heteroatoms. The van der Waals surface area contributed by atoms with Crippen LogP contribution in [0.3, 0.4) is 0 Å². The van der Waals surface area contributed by atoms with Crippen molar-refractivity contribution in [2.45, 2.75) is 20.0 Å². The van der Waals surface area contributed by atoms with Gasteiger partial charge < -0.3 is 9.47 Å². The van der Waals surface area contributed by atoms with Crippen molar-refractivity contribution in [2.75, 3.05) is 6.61 Å². The quantitative estimate of drug-likeness (QED) is 0.603. The van der Waals surface area contributed by atoms with Gasteiger partial charge in [0.15, 0.2) is 12.7 Å². The van der Waals surface area contributed by atoms with Crippen LogP contribution in [0.5, 0.6) is 5.75 Å². The second-order valence-electron chi connectivity index (χ2n) is 4.05. The van der Waals surface area contributed by atoms with E-state index in [4.69, 9.17) is 9.47 Å². The van der Waals surface area contributed by atoms with Crippen LogP contribution in [0.1, 0.15) is 13.8 Å². The molecule has 0 aliphatic carbocycles. The number of esters is 1. The number of ether oxygens (including phenoxy) is 2. The number of halogens is 1. The summed E-state index contributed by atoms with van der Waals surface area (Å²) in [6.07, 6.45) is -0.861. The van der Waals surface area contributed by atoms with Crippen LogP contribution in [-0.2, 0) is 19.1 Å². The molecule has 21 heavy (non-hydrogen) atoms. The van der Waals surface area contributed by atoms with Crippen LogP contribution < -0.4 is 15.6 Å². The molecule has 0 heterocycles. The molecule has 1 aromatic rings. The van der Waals surface area contributed by atoms with Crippen LogP contribution in [-0.4, -0.2) is 30.5 Å². The Morgan fingerprint density at radius 2 is 1.81 bits per heavy atom. The third-order valence-electron chi connectivity index (χ3n) is 2.18. The van der Waals surface area contributed by atoms with Gasteiger partial charge in [0.05, 0.1) is 0 Å². The summed E-state index contributed by atoms with van der Waals surface area (Å²) >= 11 is 3.28. The molecular weight excluding hydrogens is 344 g/mol. The number of hydrazine groups is 1. The highest BCUT2D eigenvalue weighted by Crippen LogP contribution is 2.17. The molecule has 1 atom stereocenters. The largest absolute Gasteiger partial charge is 0.479 e. The lowest BCUT2D eigenvalue weighted by Crippen LogP contribution is -2.43. The van der Waals surface area contributed by atoms with Gasteiger partial charge in [0.25, 0.3) is 5.91 Å². The van der Waals surface area contributed by atoms with E-state index >= 15 is 0 Å². The molecule has 0 spiro atoms. The molecule has 2 amide bonds. The molecule has 0 aromatic heterocycles. The zero-order chi connectivity index (χ0) is 15.8. The van der Waals surface area contributed by atoms with Crippen LogP contribution in [0.25, 0.3) is 0 Å². The fraction of sp³-hybridized carbons (Fsp3) is 0.308. The van der Waals surface area contributed by atoms with Crippen LogP contribution in [0.15, 0.2) is 28.7 Å². The average Bonchev–Trinajstić information content (AvgIpc) is 2.44. The lowest BCUT2D eigenvalue weighted by molar-refractivity contribution is -0.155. The Hall–Kier alpha value is -2.09. The fourth-order valence-corrected chi connectivity index (χ4v) is 1.48. The van der Waals surface area contributed by atoms with Crippen molar-refractivity contribution >= 4 is 33.7 Å². The Bertz CT molecular complexity index is 518. The van der Waals surface area contributed by atoms with Crippen molar-refractivity contribution in [3.05, 3.63) is 28.7 Å². The van der Waals surface area contributed by atoms with E-state index in [1.807, 2.05) is 0 Å².